The zero-order chi connectivity index (χ0) is 21.4. The van der Waals surface area contributed by atoms with E-state index in [4.69, 9.17) is 0 Å². The van der Waals surface area contributed by atoms with Crippen LogP contribution in [0.4, 0.5) is 18.9 Å². The van der Waals surface area contributed by atoms with Gasteiger partial charge in [-0.25, -0.2) is 0 Å². The number of carbonyl (C=O) groups excluding carboxylic acids is 1. The summed E-state index contributed by atoms with van der Waals surface area (Å²) in [5.41, 5.74) is 1.12. The number of hydrogen-bond acceptors (Lipinski definition) is 3. The van der Waals surface area contributed by atoms with Crippen molar-refractivity contribution < 1.29 is 52.6 Å². The predicted octanol–water partition coefficient (Wildman–Crippen LogP) is 3.49. The molecular formula is C23H35F3NNaO2. The summed E-state index contributed by atoms with van der Waals surface area (Å²) in [5, 5.41) is 14.0. The Balaban J connectivity index is 0.00000841. The van der Waals surface area contributed by atoms with Crippen LogP contribution in [0.25, 0.3) is 0 Å². The van der Waals surface area contributed by atoms with Crippen LogP contribution in [-0.4, -0.2) is 18.7 Å². The predicted molar refractivity (Wildman–Crippen MR) is 110 cm³/mol. The summed E-state index contributed by atoms with van der Waals surface area (Å²) >= 11 is 0. The van der Waals surface area contributed by atoms with Crippen molar-refractivity contribution in [1.29, 1.82) is 0 Å². The van der Waals surface area contributed by atoms with Gasteiger partial charge >= 0.3 is 35.7 Å². The monoisotopic (exact) mass is 437 g/mol. The molecule has 0 bridgehead atoms. The van der Waals surface area contributed by atoms with E-state index in [0.717, 1.165) is 37.9 Å². The van der Waals surface area contributed by atoms with E-state index >= 15 is 0 Å². The summed E-state index contributed by atoms with van der Waals surface area (Å²) in [7, 11) is 0. The Hall–Kier alpha value is -0.720. The third-order valence-corrected chi connectivity index (χ3v) is 5.09. The van der Waals surface area contributed by atoms with Crippen molar-refractivity contribution in [2.24, 2.45) is 0 Å². The first kappa shape index (κ1) is 29.3. The zero-order valence-electron chi connectivity index (χ0n) is 18.4. The molecule has 0 unspecified atom stereocenters. The molecule has 3 nitrogen and oxygen atoms in total. The van der Waals surface area contributed by atoms with Gasteiger partial charge in [-0.1, -0.05) is 82.8 Å². The third kappa shape index (κ3) is 17.0. The molecule has 1 rings (SSSR count). The van der Waals surface area contributed by atoms with Gasteiger partial charge in [-0.05, 0) is 30.5 Å². The maximum Gasteiger partial charge on any atom is 1.00 e. The molecule has 0 aliphatic carbocycles. The summed E-state index contributed by atoms with van der Waals surface area (Å²) in [6.45, 7) is 0.883. The van der Waals surface area contributed by atoms with Crippen molar-refractivity contribution in [3.63, 3.8) is 0 Å². The van der Waals surface area contributed by atoms with E-state index in [-0.39, 0.29) is 41.5 Å². The standard InChI is InChI=1S/C23H36F3NO2.Na/c24-23(25,26)18-12-10-8-6-4-2-1-3-5-7-9-11-13-19-27-21-16-14-20(15-17-21)22(28)29;/h14-17,27H,1-13,18-19H2,(H,28,29);/q;+1/p-1. The molecule has 0 amide bonds. The number of hydrogen-bond donors (Lipinski definition) is 1. The number of unbranched alkanes of at least 4 members (excludes halogenated alkanes) is 12. The van der Waals surface area contributed by atoms with E-state index in [9.17, 15) is 23.1 Å². The van der Waals surface area contributed by atoms with Gasteiger partial charge in [0.15, 0.2) is 0 Å². The molecule has 7 heteroatoms. The second kappa shape index (κ2) is 17.9. The molecule has 0 fully saturated rings. The largest absolute Gasteiger partial charge is 1.00 e. The molecule has 0 radical (unpaired) electrons. The number of nitrogens with one attached hydrogen (secondary N) is 1. The van der Waals surface area contributed by atoms with Gasteiger partial charge in [0.2, 0.25) is 0 Å². The Kier molecular flexibility index (Phi) is 17.5. The zero-order valence-corrected chi connectivity index (χ0v) is 20.4. The topological polar surface area (TPSA) is 52.2 Å². The Morgan fingerprint density at radius 2 is 1.13 bits per heavy atom. The first-order chi connectivity index (χ1) is 13.9. The molecule has 0 aliphatic heterocycles. The minimum atomic E-state index is -4.00. The molecule has 1 N–H and O–H groups in total. The minimum Gasteiger partial charge on any atom is -0.545 e. The fraction of sp³-hybridized carbons (Fsp3) is 0.696. The Labute approximate surface area is 201 Å². The van der Waals surface area contributed by atoms with E-state index in [1.165, 1.54) is 44.9 Å². The van der Waals surface area contributed by atoms with E-state index < -0.39 is 18.6 Å². The molecular weight excluding hydrogens is 402 g/mol. The fourth-order valence-electron chi connectivity index (χ4n) is 3.35. The van der Waals surface area contributed by atoms with Crippen LogP contribution in [0.5, 0.6) is 0 Å². The molecule has 0 saturated carbocycles. The second-order valence-electron chi connectivity index (χ2n) is 7.75. The molecule has 0 spiro atoms. The van der Waals surface area contributed by atoms with Crippen LogP contribution in [0, 0.1) is 0 Å². The molecule has 30 heavy (non-hydrogen) atoms. The van der Waals surface area contributed by atoms with E-state index in [2.05, 4.69) is 5.32 Å². The van der Waals surface area contributed by atoms with Gasteiger partial charge in [0, 0.05) is 18.7 Å². The van der Waals surface area contributed by atoms with Crippen LogP contribution in [0.3, 0.4) is 0 Å². The molecule has 0 heterocycles. The fourth-order valence-corrected chi connectivity index (χ4v) is 3.35. The van der Waals surface area contributed by atoms with E-state index in [0.29, 0.717) is 6.42 Å². The van der Waals surface area contributed by atoms with Crippen molar-refractivity contribution in [3.05, 3.63) is 29.8 Å². The number of carboxylic acid groups (broad SMARTS) is 1. The Bertz CT molecular complexity index is 550. The van der Waals surface area contributed by atoms with Gasteiger partial charge in [0.1, 0.15) is 0 Å². The molecule has 0 aliphatic rings. The van der Waals surface area contributed by atoms with Crippen LogP contribution in [0.2, 0.25) is 0 Å². The first-order valence-corrected chi connectivity index (χ1v) is 11.0. The minimum absolute atomic E-state index is 0. The van der Waals surface area contributed by atoms with Gasteiger partial charge in [-0.3, -0.25) is 0 Å². The Morgan fingerprint density at radius 1 is 0.733 bits per heavy atom. The van der Waals surface area contributed by atoms with Gasteiger partial charge in [-0.15, -0.1) is 0 Å². The van der Waals surface area contributed by atoms with Gasteiger partial charge < -0.3 is 15.2 Å². The first-order valence-electron chi connectivity index (χ1n) is 11.0. The van der Waals surface area contributed by atoms with Gasteiger partial charge in [0.05, 0.1) is 5.97 Å². The summed E-state index contributed by atoms with van der Waals surface area (Å²) in [5.74, 6) is -1.16. The second-order valence-corrected chi connectivity index (χ2v) is 7.75. The summed E-state index contributed by atoms with van der Waals surface area (Å²) in [6.07, 6.45) is 9.12. The number of carboxylic acids is 1. The normalized spacial score (nSPS) is 11.2. The van der Waals surface area contributed by atoms with Crippen LogP contribution < -0.4 is 40.0 Å². The van der Waals surface area contributed by atoms with Crippen LogP contribution >= 0.6 is 0 Å². The maximum absolute atomic E-state index is 12.0. The van der Waals surface area contributed by atoms with Crippen LogP contribution in [-0.2, 0) is 0 Å². The van der Waals surface area contributed by atoms with Crippen molar-refractivity contribution >= 4 is 11.7 Å². The van der Waals surface area contributed by atoms with Crippen molar-refractivity contribution in [2.75, 3.05) is 11.9 Å². The Morgan fingerprint density at radius 3 is 1.53 bits per heavy atom. The number of benzene rings is 1. The average molecular weight is 438 g/mol. The SMILES string of the molecule is O=C([O-])c1ccc(NCCCCCCCCCCCCCCCC(F)(F)F)cc1.[Na+]. The number of carbonyl (C=O) groups is 1. The average Bonchev–Trinajstić information content (AvgIpc) is 2.67. The van der Waals surface area contributed by atoms with E-state index in [1.54, 1.807) is 24.3 Å². The summed E-state index contributed by atoms with van der Waals surface area (Å²) in [6, 6.07) is 6.61. The van der Waals surface area contributed by atoms with Gasteiger partial charge in [-0.2, -0.15) is 13.2 Å². The van der Waals surface area contributed by atoms with Gasteiger partial charge in [0.25, 0.3) is 0 Å². The molecule has 0 saturated heterocycles. The number of anilines is 1. The van der Waals surface area contributed by atoms with E-state index in [1.807, 2.05) is 0 Å². The third-order valence-electron chi connectivity index (χ3n) is 5.09. The molecule has 0 atom stereocenters. The van der Waals surface area contributed by atoms with Crippen LogP contribution in [0.1, 0.15) is 100 Å². The van der Waals surface area contributed by atoms with Crippen molar-refractivity contribution in [1.82, 2.24) is 0 Å². The van der Waals surface area contributed by atoms with Crippen molar-refractivity contribution in [3.8, 4) is 0 Å². The molecule has 0 aromatic heterocycles. The molecule has 1 aromatic rings. The smallest absolute Gasteiger partial charge is 0.545 e. The number of alkyl halides is 3. The quantitative estimate of drug-likeness (QED) is 0.300. The molecule has 166 valence electrons. The number of halogens is 3. The maximum atomic E-state index is 12.0. The number of rotatable bonds is 17. The van der Waals surface area contributed by atoms with Crippen molar-refractivity contribution in [2.45, 2.75) is 96.1 Å². The summed E-state index contributed by atoms with van der Waals surface area (Å²) < 4.78 is 36.0. The molecule has 1 aromatic carbocycles. The number of aromatic carboxylic acids is 1. The summed E-state index contributed by atoms with van der Waals surface area (Å²) in [4.78, 5) is 10.7. The van der Waals surface area contributed by atoms with Crippen LogP contribution in [0.15, 0.2) is 24.3 Å².